The van der Waals surface area contributed by atoms with Gasteiger partial charge in [0.05, 0.1) is 0 Å². The van der Waals surface area contributed by atoms with E-state index in [9.17, 15) is 9.59 Å². The predicted molar refractivity (Wildman–Crippen MR) is 92.4 cm³/mol. The Labute approximate surface area is 141 Å². The zero-order chi connectivity index (χ0) is 16.8. The summed E-state index contributed by atoms with van der Waals surface area (Å²) in [7, 11) is 1.71. The van der Waals surface area contributed by atoms with Crippen molar-refractivity contribution in [1.82, 2.24) is 4.90 Å². The van der Waals surface area contributed by atoms with Gasteiger partial charge in [0.15, 0.2) is 0 Å². The van der Waals surface area contributed by atoms with E-state index >= 15 is 0 Å². The monoisotopic (exact) mass is 330 g/mol. The van der Waals surface area contributed by atoms with Crippen LogP contribution in [0, 0.1) is 0 Å². The Kier molecular flexibility index (Phi) is 5.77. The van der Waals surface area contributed by atoms with Gasteiger partial charge < -0.3 is 9.80 Å². The van der Waals surface area contributed by atoms with Crippen molar-refractivity contribution in [1.29, 1.82) is 0 Å². The fraction of sp³-hybridized carbons (Fsp3) is 0.222. The Morgan fingerprint density at radius 3 is 2.17 bits per heavy atom. The van der Waals surface area contributed by atoms with Crippen LogP contribution in [0.25, 0.3) is 0 Å². The number of benzene rings is 2. The van der Waals surface area contributed by atoms with E-state index in [1.54, 1.807) is 24.1 Å². The van der Waals surface area contributed by atoms with Crippen LogP contribution in [0.2, 0.25) is 5.02 Å². The first-order chi connectivity index (χ1) is 11.0. The average Bonchev–Trinajstić information content (AvgIpc) is 2.56. The number of hydrogen-bond acceptors (Lipinski definition) is 2. The van der Waals surface area contributed by atoms with Gasteiger partial charge in [0, 0.05) is 31.2 Å². The van der Waals surface area contributed by atoms with Crippen LogP contribution in [0.15, 0.2) is 54.6 Å². The molecule has 5 heteroatoms. The number of likely N-dealkylation sites (N-methyl/N-ethyl adjacent to an activating group) is 1. The van der Waals surface area contributed by atoms with Gasteiger partial charge in [0.1, 0.15) is 6.54 Å². The van der Waals surface area contributed by atoms with Crippen molar-refractivity contribution in [3.63, 3.8) is 0 Å². The molecule has 0 aliphatic carbocycles. The quantitative estimate of drug-likeness (QED) is 0.843. The van der Waals surface area contributed by atoms with Crippen LogP contribution in [0.3, 0.4) is 0 Å². The molecule has 2 rings (SSSR count). The van der Waals surface area contributed by atoms with Gasteiger partial charge in [-0.2, -0.15) is 0 Å². The van der Waals surface area contributed by atoms with Gasteiger partial charge in [-0.25, -0.2) is 0 Å². The van der Waals surface area contributed by atoms with Crippen molar-refractivity contribution in [2.45, 2.75) is 13.5 Å². The van der Waals surface area contributed by atoms with Gasteiger partial charge >= 0.3 is 0 Å². The predicted octanol–water partition coefficient (Wildman–Crippen LogP) is 3.35. The molecular formula is C18H19ClN2O2. The Morgan fingerprint density at radius 1 is 1.00 bits per heavy atom. The van der Waals surface area contributed by atoms with E-state index in [1.165, 1.54) is 11.8 Å². The van der Waals surface area contributed by atoms with Crippen molar-refractivity contribution >= 4 is 29.1 Å². The van der Waals surface area contributed by atoms with Crippen LogP contribution in [-0.2, 0) is 16.1 Å². The third-order valence-electron chi connectivity index (χ3n) is 3.58. The van der Waals surface area contributed by atoms with Crippen LogP contribution in [-0.4, -0.2) is 30.3 Å². The van der Waals surface area contributed by atoms with E-state index < -0.39 is 0 Å². The summed E-state index contributed by atoms with van der Waals surface area (Å²) in [6, 6.07) is 16.6. The second-order valence-electron chi connectivity index (χ2n) is 5.29. The molecule has 0 saturated heterocycles. The van der Waals surface area contributed by atoms with E-state index in [-0.39, 0.29) is 18.4 Å². The average molecular weight is 331 g/mol. The van der Waals surface area contributed by atoms with E-state index in [0.717, 1.165) is 11.3 Å². The summed E-state index contributed by atoms with van der Waals surface area (Å²) in [5, 5.41) is 0.642. The summed E-state index contributed by atoms with van der Waals surface area (Å²) < 4.78 is 0. The molecule has 0 heterocycles. The maximum atomic E-state index is 12.4. The molecule has 23 heavy (non-hydrogen) atoms. The van der Waals surface area contributed by atoms with Gasteiger partial charge in [-0.3, -0.25) is 9.59 Å². The number of para-hydroxylation sites is 1. The number of hydrogen-bond donors (Lipinski definition) is 0. The van der Waals surface area contributed by atoms with Crippen molar-refractivity contribution in [2.24, 2.45) is 0 Å². The molecule has 0 unspecified atom stereocenters. The van der Waals surface area contributed by atoms with Crippen LogP contribution in [0.4, 0.5) is 5.69 Å². The Balaban J connectivity index is 2.05. The lowest BCUT2D eigenvalue weighted by Crippen LogP contribution is -2.40. The second-order valence-corrected chi connectivity index (χ2v) is 5.73. The standard InChI is InChI=1S/C18H19ClN2O2/c1-14(22)21(12-15-8-10-16(19)11-9-15)13-18(23)20(2)17-6-4-3-5-7-17/h3-11H,12-13H2,1-2H3. The normalized spacial score (nSPS) is 10.2. The minimum absolute atomic E-state index is 0.0311. The highest BCUT2D eigenvalue weighted by molar-refractivity contribution is 6.30. The number of carbonyl (C=O) groups is 2. The minimum Gasteiger partial charge on any atom is -0.329 e. The van der Waals surface area contributed by atoms with Gasteiger partial charge in [-0.1, -0.05) is 41.9 Å². The SMILES string of the molecule is CC(=O)N(CC(=O)N(C)c1ccccc1)Cc1ccc(Cl)cc1. The molecule has 4 nitrogen and oxygen atoms in total. The highest BCUT2D eigenvalue weighted by Gasteiger charge is 2.18. The zero-order valence-corrected chi connectivity index (χ0v) is 14.0. The maximum Gasteiger partial charge on any atom is 0.246 e. The Morgan fingerprint density at radius 2 is 1.61 bits per heavy atom. The molecule has 2 aromatic rings. The zero-order valence-electron chi connectivity index (χ0n) is 13.2. The highest BCUT2D eigenvalue weighted by Crippen LogP contribution is 2.14. The molecule has 0 N–H and O–H groups in total. The lowest BCUT2D eigenvalue weighted by molar-refractivity contribution is -0.133. The lowest BCUT2D eigenvalue weighted by atomic mass is 10.2. The maximum absolute atomic E-state index is 12.4. The highest BCUT2D eigenvalue weighted by atomic mass is 35.5. The van der Waals surface area contributed by atoms with Gasteiger partial charge in [-0.15, -0.1) is 0 Å². The number of halogens is 1. The van der Waals surface area contributed by atoms with E-state index in [4.69, 9.17) is 11.6 Å². The van der Waals surface area contributed by atoms with E-state index in [2.05, 4.69) is 0 Å². The summed E-state index contributed by atoms with van der Waals surface area (Å²) in [6.07, 6.45) is 0. The topological polar surface area (TPSA) is 40.6 Å². The molecule has 0 aliphatic heterocycles. The third kappa shape index (κ3) is 4.83. The van der Waals surface area contributed by atoms with Crippen molar-refractivity contribution in [3.05, 3.63) is 65.2 Å². The van der Waals surface area contributed by atoms with Crippen LogP contribution in [0.1, 0.15) is 12.5 Å². The first kappa shape index (κ1) is 17.0. The summed E-state index contributed by atoms with van der Waals surface area (Å²) in [4.78, 5) is 27.3. The summed E-state index contributed by atoms with van der Waals surface area (Å²) in [5.41, 5.74) is 1.73. The lowest BCUT2D eigenvalue weighted by Gasteiger charge is -2.24. The first-order valence-corrected chi connectivity index (χ1v) is 7.66. The van der Waals surface area contributed by atoms with Gasteiger partial charge in [-0.05, 0) is 29.8 Å². The molecule has 0 atom stereocenters. The number of anilines is 1. The molecule has 0 saturated carbocycles. The number of rotatable bonds is 5. The number of nitrogens with zero attached hydrogens (tertiary/aromatic N) is 2. The van der Waals surface area contributed by atoms with Gasteiger partial charge in [0.25, 0.3) is 0 Å². The first-order valence-electron chi connectivity index (χ1n) is 7.29. The van der Waals surface area contributed by atoms with Crippen molar-refractivity contribution < 1.29 is 9.59 Å². The van der Waals surface area contributed by atoms with E-state index in [0.29, 0.717) is 11.6 Å². The molecule has 0 fully saturated rings. The fourth-order valence-corrected chi connectivity index (χ4v) is 2.28. The molecule has 0 aliphatic rings. The van der Waals surface area contributed by atoms with Crippen LogP contribution >= 0.6 is 11.6 Å². The van der Waals surface area contributed by atoms with Crippen LogP contribution < -0.4 is 4.90 Å². The smallest absolute Gasteiger partial charge is 0.246 e. The Bertz CT molecular complexity index is 671. The number of amides is 2. The summed E-state index contributed by atoms with van der Waals surface area (Å²) in [6.45, 7) is 1.87. The third-order valence-corrected chi connectivity index (χ3v) is 3.83. The molecule has 2 aromatic carbocycles. The molecule has 2 amide bonds. The summed E-state index contributed by atoms with van der Waals surface area (Å²) >= 11 is 5.86. The second kappa shape index (κ2) is 7.79. The molecule has 0 bridgehead atoms. The molecule has 120 valence electrons. The largest absolute Gasteiger partial charge is 0.329 e. The molecule has 0 radical (unpaired) electrons. The molecular weight excluding hydrogens is 312 g/mol. The summed E-state index contributed by atoms with van der Waals surface area (Å²) in [5.74, 6) is -0.282. The molecule has 0 spiro atoms. The van der Waals surface area contributed by atoms with Crippen LogP contribution in [0.5, 0.6) is 0 Å². The number of carbonyl (C=O) groups excluding carboxylic acids is 2. The van der Waals surface area contributed by atoms with E-state index in [1.807, 2.05) is 42.5 Å². The fourth-order valence-electron chi connectivity index (χ4n) is 2.15. The Hall–Kier alpha value is -2.33. The molecule has 0 aromatic heterocycles. The minimum atomic E-state index is -0.144. The van der Waals surface area contributed by atoms with Gasteiger partial charge in [0.2, 0.25) is 11.8 Å². The van der Waals surface area contributed by atoms with Crippen molar-refractivity contribution in [2.75, 3.05) is 18.5 Å². The van der Waals surface area contributed by atoms with Crippen molar-refractivity contribution in [3.8, 4) is 0 Å².